The second-order valence-corrected chi connectivity index (χ2v) is 4.22. The lowest BCUT2D eigenvalue weighted by Gasteiger charge is -2.11. The van der Waals surface area contributed by atoms with E-state index in [0.717, 1.165) is 18.7 Å². The Labute approximate surface area is 92.0 Å². The van der Waals surface area contributed by atoms with Gasteiger partial charge < -0.3 is 5.32 Å². The fourth-order valence-corrected chi connectivity index (χ4v) is 1.39. The van der Waals surface area contributed by atoms with Gasteiger partial charge in [0.15, 0.2) is 0 Å². The van der Waals surface area contributed by atoms with Crippen LogP contribution in [-0.4, -0.2) is 16.2 Å². The lowest BCUT2D eigenvalue weighted by atomic mass is 10.1. The van der Waals surface area contributed by atoms with Crippen LogP contribution in [0.1, 0.15) is 39.3 Å². The Morgan fingerprint density at radius 2 is 2.40 bits per heavy atom. The maximum absolute atomic E-state index is 3.91. The number of hydrogen-bond acceptors (Lipinski definition) is 2. The Hall–Kier alpha value is -1.09. The van der Waals surface area contributed by atoms with Gasteiger partial charge in [0.05, 0.1) is 0 Å². The maximum atomic E-state index is 3.91. The van der Waals surface area contributed by atoms with Gasteiger partial charge >= 0.3 is 0 Å². The van der Waals surface area contributed by atoms with Crippen LogP contribution in [0.15, 0.2) is 23.9 Å². The van der Waals surface area contributed by atoms with Gasteiger partial charge in [-0.05, 0) is 39.7 Å². The standard InChI is InChI=1S/C12H21N3/c1-10(2)5-4-6-11(3)13-9-12-7-8-14-15-12/h5,7-8,11,13H,4,6,9H2,1-3H3,(H,14,15). The summed E-state index contributed by atoms with van der Waals surface area (Å²) in [6.45, 7) is 7.37. The monoisotopic (exact) mass is 207 g/mol. The molecule has 0 amide bonds. The molecule has 1 aromatic rings. The third-order valence-electron chi connectivity index (χ3n) is 2.35. The van der Waals surface area contributed by atoms with Crippen LogP contribution >= 0.6 is 0 Å². The molecule has 15 heavy (non-hydrogen) atoms. The average molecular weight is 207 g/mol. The summed E-state index contributed by atoms with van der Waals surface area (Å²) in [6, 6.07) is 2.54. The van der Waals surface area contributed by atoms with Crippen molar-refractivity contribution >= 4 is 0 Å². The molecule has 0 aliphatic carbocycles. The van der Waals surface area contributed by atoms with E-state index in [1.165, 1.54) is 12.0 Å². The molecule has 1 atom stereocenters. The molecule has 0 aliphatic heterocycles. The molecule has 3 nitrogen and oxygen atoms in total. The molecule has 1 rings (SSSR count). The summed E-state index contributed by atoms with van der Waals surface area (Å²) in [6.07, 6.45) is 6.40. The summed E-state index contributed by atoms with van der Waals surface area (Å²) < 4.78 is 0. The van der Waals surface area contributed by atoms with Crippen molar-refractivity contribution in [3.63, 3.8) is 0 Å². The average Bonchev–Trinajstić information content (AvgIpc) is 2.66. The highest BCUT2D eigenvalue weighted by molar-refractivity contribution is 4.97. The zero-order valence-corrected chi connectivity index (χ0v) is 9.88. The van der Waals surface area contributed by atoms with E-state index >= 15 is 0 Å². The quantitative estimate of drug-likeness (QED) is 0.704. The second-order valence-electron chi connectivity index (χ2n) is 4.22. The van der Waals surface area contributed by atoms with Crippen molar-refractivity contribution in [3.8, 4) is 0 Å². The molecule has 1 heterocycles. The van der Waals surface area contributed by atoms with E-state index in [-0.39, 0.29) is 0 Å². The van der Waals surface area contributed by atoms with Gasteiger partial charge in [0.1, 0.15) is 0 Å². The fraction of sp³-hybridized carbons (Fsp3) is 0.583. The molecular weight excluding hydrogens is 186 g/mol. The molecule has 0 saturated heterocycles. The summed E-state index contributed by atoms with van der Waals surface area (Å²) >= 11 is 0. The highest BCUT2D eigenvalue weighted by Crippen LogP contribution is 2.02. The molecule has 0 spiro atoms. The maximum Gasteiger partial charge on any atom is 0.0490 e. The zero-order valence-electron chi connectivity index (χ0n) is 9.88. The molecule has 0 saturated carbocycles. The highest BCUT2D eigenvalue weighted by atomic mass is 15.1. The smallest absolute Gasteiger partial charge is 0.0490 e. The van der Waals surface area contributed by atoms with E-state index < -0.39 is 0 Å². The van der Waals surface area contributed by atoms with Crippen molar-refractivity contribution in [2.45, 2.75) is 46.2 Å². The van der Waals surface area contributed by atoms with Gasteiger partial charge in [-0.15, -0.1) is 0 Å². The molecule has 1 unspecified atom stereocenters. The van der Waals surface area contributed by atoms with Gasteiger partial charge in [0.25, 0.3) is 0 Å². The Bertz CT molecular complexity index is 284. The Morgan fingerprint density at radius 1 is 1.60 bits per heavy atom. The van der Waals surface area contributed by atoms with Crippen molar-refractivity contribution in [3.05, 3.63) is 29.6 Å². The third kappa shape index (κ3) is 5.37. The van der Waals surface area contributed by atoms with Crippen LogP contribution in [0.25, 0.3) is 0 Å². The number of allylic oxidation sites excluding steroid dienone is 2. The summed E-state index contributed by atoms with van der Waals surface area (Å²) in [5.74, 6) is 0. The van der Waals surface area contributed by atoms with Crippen molar-refractivity contribution in [2.24, 2.45) is 0 Å². The minimum absolute atomic E-state index is 0.545. The van der Waals surface area contributed by atoms with E-state index in [1.54, 1.807) is 6.20 Å². The Kier molecular flexibility index (Phi) is 5.12. The normalized spacial score (nSPS) is 12.5. The lowest BCUT2D eigenvalue weighted by molar-refractivity contribution is 0.513. The van der Waals surface area contributed by atoms with E-state index in [1.807, 2.05) is 6.07 Å². The van der Waals surface area contributed by atoms with Crippen molar-refractivity contribution in [1.82, 2.24) is 15.5 Å². The van der Waals surface area contributed by atoms with Crippen LogP contribution in [0.4, 0.5) is 0 Å². The van der Waals surface area contributed by atoms with Gasteiger partial charge in [-0.3, -0.25) is 5.10 Å². The summed E-state index contributed by atoms with van der Waals surface area (Å²) in [5.41, 5.74) is 2.54. The Balaban J connectivity index is 2.14. The number of aromatic amines is 1. The molecule has 2 N–H and O–H groups in total. The molecule has 0 fully saturated rings. The number of rotatable bonds is 6. The van der Waals surface area contributed by atoms with Crippen molar-refractivity contribution in [2.75, 3.05) is 0 Å². The molecular formula is C12H21N3. The molecule has 0 aromatic carbocycles. The zero-order chi connectivity index (χ0) is 11.1. The van der Waals surface area contributed by atoms with Crippen molar-refractivity contribution < 1.29 is 0 Å². The van der Waals surface area contributed by atoms with Crippen LogP contribution < -0.4 is 5.32 Å². The lowest BCUT2D eigenvalue weighted by Crippen LogP contribution is -2.25. The van der Waals surface area contributed by atoms with Crippen LogP contribution in [0.3, 0.4) is 0 Å². The fourth-order valence-electron chi connectivity index (χ4n) is 1.39. The van der Waals surface area contributed by atoms with Crippen LogP contribution in [0.5, 0.6) is 0 Å². The predicted octanol–water partition coefficient (Wildman–Crippen LogP) is 2.63. The molecule has 0 bridgehead atoms. The van der Waals surface area contributed by atoms with E-state index in [9.17, 15) is 0 Å². The predicted molar refractivity (Wildman–Crippen MR) is 63.6 cm³/mol. The largest absolute Gasteiger partial charge is 0.309 e. The first-order valence-electron chi connectivity index (χ1n) is 5.53. The van der Waals surface area contributed by atoms with Gasteiger partial charge in [-0.25, -0.2) is 0 Å². The molecule has 3 heteroatoms. The molecule has 1 aromatic heterocycles. The summed E-state index contributed by atoms with van der Waals surface area (Å²) in [7, 11) is 0. The van der Waals surface area contributed by atoms with E-state index in [0.29, 0.717) is 6.04 Å². The van der Waals surface area contributed by atoms with Gasteiger partial charge in [0.2, 0.25) is 0 Å². The highest BCUT2D eigenvalue weighted by Gasteiger charge is 2.00. The SMILES string of the molecule is CC(C)=CCCC(C)NCc1ccn[nH]1. The van der Waals surface area contributed by atoms with E-state index in [2.05, 4.69) is 42.4 Å². The summed E-state index contributed by atoms with van der Waals surface area (Å²) in [5, 5.41) is 10.3. The van der Waals surface area contributed by atoms with Crippen LogP contribution in [0.2, 0.25) is 0 Å². The first-order valence-corrected chi connectivity index (χ1v) is 5.53. The van der Waals surface area contributed by atoms with Gasteiger partial charge in [0, 0.05) is 24.5 Å². The minimum atomic E-state index is 0.545. The van der Waals surface area contributed by atoms with Gasteiger partial charge in [-0.2, -0.15) is 5.10 Å². The molecule has 0 radical (unpaired) electrons. The second kappa shape index (κ2) is 6.40. The minimum Gasteiger partial charge on any atom is -0.309 e. The number of nitrogens with one attached hydrogen (secondary N) is 2. The first-order chi connectivity index (χ1) is 7.18. The number of nitrogens with zero attached hydrogens (tertiary/aromatic N) is 1. The van der Waals surface area contributed by atoms with Crippen LogP contribution in [-0.2, 0) is 6.54 Å². The van der Waals surface area contributed by atoms with Gasteiger partial charge in [-0.1, -0.05) is 11.6 Å². The van der Waals surface area contributed by atoms with E-state index in [4.69, 9.17) is 0 Å². The molecule has 0 aliphatic rings. The number of H-pyrrole nitrogens is 1. The molecule has 84 valence electrons. The number of aromatic nitrogens is 2. The third-order valence-corrected chi connectivity index (χ3v) is 2.35. The van der Waals surface area contributed by atoms with Crippen LogP contribution in [0, 0.1) is 0 Å². The Morgan fingerprint density at radius 3 is 3.00 bits per heavy atom. The first kappa shape index (κ1) is 12.0. The topological polar surface area (TPSA) is 40.7 Å². The number of hydrogen-bond donors (Lipinski definition) is 2. The van der Waals surface area contributed by atoms with Crippen molar-refractivity contribution in [1.29, 1.82) is 0 Å². The summed E-state index contributed by atoms with van der Waals surface area (Å²) in [4.78, 5) is 0.